The fourth-order valence-electron chi connectivity index (χ4n) is 1.01. The second kappa shape index (κ2) is 6.03. The molecule has 106 valence electrons. The lowest BCUT2D eigenvalue weighted by molar-refractivity contribution is -0.180. The highest BCUT2D eigenvalue weighted by atomic mass is 19.4. The number of amides is 2. The van der Waals surface area contributed by atoms with Gasteiger partial charge in [-0.1, -0.05) is 0 Å². The van der Waals surface area contributed by atoms with E-state index in [0.717, 1.165) is 0 Å². The molecule has 0 radical (unpaired) electrons. The summed E-state index contributed by atoms with van der Waals surface area (Å²) in [6.07, 6.45) is -6.24. The Bertz CT molecular complexity index is 310. The van der Waals surface area contributed by atoms with Gasteiger partial charge in [-0.05, 0) is 20.8 Å². The summed E-state index contributed by atoms with van der Waals surface area (Å²) in [5.74, 6) is -2.54. The number of nitrogens with one attached hydrogen (secondary N) is 2. The summed E-state index contributed by atoms with van der Waals surface area (Å²) in [6, 6.07) is 0. The predicted molar refractivity (Wildman–Crippen MR) is 57.5 cm³/mol. The molecule has 1 unspecified atom stereocenters. The molecule has 18 heavy (non-hydrogen) atoms. The number of alkyl halides is 3. The molecular weight excluding hydrogens is 253 g/mol. The maximum Gasteiger partial charge on any atom is 0.471 e. The molecule has 0 aliphatic carbocycles. The molecule has 0 fully saturated rings. The zero-order chi connectivity index (χ0) is 14.6. The number of carbonyl (C=O) groups excluding carboxylic acids is 2. The highest BCUT2D eigenvalue weighted by molar-refractivity contribution is 5.81. The third kappa shape index (κ3) is 7.88. The Kier molecular flexibility index (Phi) is 5.59. The van der Waals surface area contributed by atoms with Crippen molar-refractivity contribution in [2.45, 2.75) is 45.7 Å². The number of halogens is 3. The average molecular weight is 270 g/mol. The Morgan fingerprint density at radius 1 is 1.22 bits per heavy atom. The van der Waals surface area contributed by atoms with Crippen LogP contribution >= 0.6 is 0 Å². The van der Waals surface area contributed by atoms with E-state index in [-0.39, 0.29) is 6.54 Å². The van der Waals surface area contributed by atoms with Gasteiger partial charge in [0, 0.05) is 6.92 Å². The number of carbonyl (C=O) groups is 2. The summed E-state index contributed by atoms with van der Waals surface area (Å²) in [4.78, 5) is 21.5. The van der Waals surface area contributed by atoms with Crippen molar-refractivity contribution in [1.29, 1.82) is 0 Å². The van der Waals surface area contributed by atoms with Crippen LogP contribution in [0.1, 0.15) is 27.7 Å². The molecular formula is C10H17F3N2O3. The third-order valence-corrected chi connectivity index (χ3v) is 1.58. The molecule has 5 nitrogen and oxygen atoms in total. The minimum atomic E-state index is -4.99. The molecule has 1 atom stereocenters. The van der Waals surface area contributed by atoms with Crippen molar-refractivity contribution in [2.75, 3.05) is 6.54 Å². The lowest BCUT2D eigenvalue weighted by Crippen LogP contribution is -2.51. The minimum absolute atomic E-state index is 0.242. The number of hydrogen-bond donors (Lipinski definition) is 2. The molecule has 0 rings (SSSR count). The Labute approximate surface area is 103 Å². The van der Waals surface area contributed by atoms with Crippen molar-refractivity contribution >= 4 is 11.8 Å². The maximum atomic E-state index is 12.1. The van der Waals surface area contributed by atoms with Crippen LogP contribution in [0.15, 0.2) is 0 Å². The van der Waals surface area contributed by atoms with Crippen molar-refractivity contribution in [3.8, 4) is 0 Å². The van der Waals surface area contributed by atoms with Crippen LogP contribution in [-0.2, 0) is 14.3 Å². The monoisotopic (exact) mass is 270 g/mol. The smallest absolute Gasteiger partial charge is 0.352 e. The first-order chi connectivity index (χ1) is 7.92. The first kappa shape index (κ1) is 16.7. The normalized spacial score (nSPS) is 13.9. The van der Waals surface area contributed by atoms with Crippen LogP contribution in [0.4, 0.5) is 13.2 Å². The predicted octanol–water partition coefficient (Wildman–Crippen LogP) is 0.942. The van der Waals surface area contributed by atoms with Gasteiger partial charge in [-0.25, -0.2) is 0 Å². The third-order valence-electron chi connectivity index (χ3n) is 1.58. The molecule has 0 heterocycles. The van der Waals surface area contributed by atoms with Crippen LogP contribution in [0.2, 0.25) is 0 Å². The first-order valence-electron chi connectivity index (χ1n) is 5.22. The summed E-state index contributed by atoms with van der Waals surface area (Å²) in [5.41, 5.74) is -0.762. The van der Waals surface area contributed by atoms with E-state index in [1.807, 2.05) is 0 Å². The van der Waals surface area contributed by atoms with E-state index in [1.165, 1.54) is 6.92 Å². The molecule has 2 N–H and O–H groups in total. The largest absolute Gasteiger partial charge is 0.471 e. The van der Waals surface area contributed by atoms with Crippen LogP contribution in [-0.4, -0.2) is 36.4 Å². The molecule has 2 amide bonds. The average Bonchev–Trinajstić information content (AvgIpc) is 2.09. The highest BCUT2D eigenvalue weighted by Crippen LogP contribution is 2.16. The summed E-state index contributed by atoms with van der Waals surface area (Å²) in [5, 5.41) is 3.95. The van der Waals surface area contributed by atoms with Gasteiger partial charge in [0.15, 0.2) is 0 Å². The zero-order valence-corrected chi connectivity index (χ0v) is 10.6. The van der Waals surface area contributed by atoms with Crippen molar-refractivity contribution in [1.82, 2.24) is 10.6 Å². The van der Waals surface area contributed by atoms with Crippen LogP contribution in [0, 0.1) is 0 Å². The lowest BCUT2D eigenvalue weighted by atomic mass is 10.2. The fourth-order valence-corrected chi connectivity index (χ4v) is 1.01. The topological polar surface area (TPSA) is 67.4 Å². The Hall–Kier alpha value is -1.31. The Morgan fingerprint density at radius 3 is 2.06 bits per heavy atom. The van der Waals surface area contributed by atoms with Gasteiger partial charge in [0.25, 0.3) is 0 Å². The molecule has 0 aromatic carbocycles. The van der Waals surface area contributed by atoms with Crippen molar-refractivity contribution in [3.63, 3.8) is 0 Å². The van der Waals surface area contributed by atoms with Crippen molar-refractivity contribution in [3.05, 3.63) is 0 Å². The number of hydrogen-bond acceptors (Lipinski definition) is 3. The highest BCUT2D eigenvalue weighted by Gasteiger charge is 2.40. The van der Waals surface area contributed by atoms with Gasteiger partial charge in [-0.15, -0.1) is 0 Å². The van der Waals surface area contributed by atoms with E-state index in [2.05, 4.69) is 5.32 Å². The fraction of sp³-hybridized carbons (Fsp3) is 0.800. The SMILES string of the molecule is CC(=O)NCC(NC(=O)C(F)(F)F)OC(C)(C)C. The molecule has 0 aromatic heterocycles. The first-order valence-corrected chi connectivity index (χ1v) is 5.22. The summed E-state index contributed by atoms with van der Waals surface area (Å²) in [7, 11) is 0. The molecule has 0 aromatic rings. The maximum absolute atomic E-state index is 12.1. The molecule has 0 spiro atoms. The van der Waals surface area contributed by atoms with E-state index >= 15 is 0 Å². The summed E-state index contributed by atoms with van der Waals surface area (Å²) < 4.78 is 41.5. The molecule has 8 heteroatoms. The van der Waals surface area contributed by atoms with Gasteiger partial charge in [-0.3, -0.25) is 9.59 Å². The van der Waals surface area contributed by atoms with Crippen LogP contribution in [0.25, 0.3) is 0 Å². The molecule has 0 bridgehead atoms. The van der Waals surface area contributed by atoms with Gasteiger partial charge >= 0.3 is 12.1 Å². The Balaban J connectivity index is 4.57. The van der Waals surface area contributed by atoms with Gasteiger partial charge in [0.1, 0.15) is 6.23 Å². The molecule has 0 saturated carbocycles. The standard InChI is InChI=1S/C10H17F3N2O3/c1-6(16)14-5-7(18-9(2,3)4)15-8(17)10(11,12)13/h7H,5H2,1-4H3,(H,14,16)(H,15,17). The number of rotatable bonds is 4. The van der Waals surface area contributed by atoms with E-state index in [0.29, 0.717) is 0 Å². The van der Waals surface area contributed by atoms with Crippen molar-refractivity contribution in [2.24, 2.45) is 0 Å². The summed E-state index contributed by atoms with van der Waals surface area (Å²) >= 11 is 0. The molecule has 0 saturated heterocycles. The van der Waals surface area contributed by atoms with Crippen molar-refractivity contribution < 1.29 is 27.5 Å². The molecule has 0 aliphatic heterocycles. The lowest BCUT2D eigenvalue weighted by Gasteiger charge is -2.28. The van der Waals surface area contributed by atoms with Gasteiger partial charge in [-0.2, -0.15) is 13.2 Å². The van der Waals surface area contributed by atoms with Gasteiger partial charge in [0.05, 0.1) is 12.1 Å². The second-order valence-electron chi connectivity index (χ2n) is 4.63. The second-order valence-corrected chi connectivity index (χ2v) is 4.63. The van der Waals surface area contributed by atoms with Crippen LogP contribution < -0.4 is 10.6 Å². The number of ether oxygens (including phenoxy) is 1. The van der Waals surface area contributed by atoms with E-state index < -0.39 is 29.8 Å². The minimum Gasteiger partial charge on any atom is -0.352 e. The van der Waals surface area contributed by atoms with Crippen LogP contribution in [0.3, 0.4) is 0 Å². The van der Waals surface area contributed by atoms with E-state index in [9.17, 15) is 22.8 Å². The van der Waals surface area contributed by atoms with Crippen LogP contribution in [0.5, 0.6) is 0 Å². The quantitative estimate of drug-likeness (QED) is 0.747. The zero-order valence-electron chi connectivity index (χ0n) is 10.6. The summed E-state index contributed by atoms with van der Waals surface area (Å²) in [6.45, 7) is 5.82. The Morgan fingerprint density at radius 2 is 1.72 bits per heavy atom. The molecule has 0 aliphatic rings. The van der Waals surface area contributed by atoms with E-state index in [1.54, 1.807) is 26.1 Å². The van der Waals surface area contributed by atoms with Gasteiger partial charge in [0.2, 0.25) is 5.91 Å². The van der Waals surface area contributed by atoms with Gasteiger partial charge < -0.3 is 15.4 Å². The van der Waals surface area contributed by atoms with E-state index in [4.69, 9.17) is 4.74 Å².